The van der Waals surface area contributed by atoms with Gasteiger partial charge in [0.05, 0.1) is 16.8 Å². The first-order chi connectivity index (χ1) is 11.5. The molecule has 0 aromatic carbocycles. The summed E-state index contributed by atoms with van der Waals surface area (Å²) in [4.78, 5) is 27.6. The van der Waals surface area contributed by atoms with Crippen LogP contribution in [-0.4, -0.2) is 26.0 Å². The minimum Gasteiger partial charge on any atom is -0.313 e. The van der Waals surface area contributed by atoms with Crippen molar-refractivity contribution in [3.8, 4) is 11.3 Å². The monoisotopic (exact) mass is 352 g/mol. The van der Waals surface area contributed by atoms with Gasteiger partial charge in [-0.15, -0.1) is 0 Å². The molecule has 3 heterocycles. The fourth-order valence-corrected chi connectivity index (χ4v) is 3.15. The number of fused-ring (bicyclic) bond motifs is 1. The molecule has 0 amide bonds. The highest BCUT2D eigenvalue weighted by atomic mass is 35.5. The van der Waals surface area contributed by atoms with E-state index in [0.717, 1.165) is 0 Å². The van der Waals surface area contributed by atoms with Gasteiger partial charge in [-0.05, 0) is 36.1 Å². The van der Waals surface area contributed by atoms with Gasteiger partial charge in [0.25, 0.3) is 5.56 Å². The van der Waals surface area contributed by atoms with Crippen LogP contribution in [0.25, 0.3) is 16.8 Å². The number of halogens is 3. The summed E-state index contributed by atoms with van der Waals surface area (Å²) in [5, 5.41) is 4.60. The minimum absolute atomic E-state index is 0.136. The molecule has 9 heteroatoms. The summed E-state index contributed by atoms with van der Waals surface area (Å²) < 4.78 is 27.3. The quantitative estimate of drug-likeness (QED) is 0.759. The second-order valence-corrected chi connectivity index (χ2v) is 6.15. The third-order valence-electron chi connectivity index (χ3n) is 4.26. The lowest BCUT2D eigenvalue weighted by molar-refractivity contribution is 0.120. The number of nitrogens with one attached hydrogen (secondary N) is 2. The fourth-order valence-electron chi connectivity index (χ4n) is 2.96. The van der Waals surface area contributed by atoms with Gasteiger partial charge in [0.15, 0.2) is 0 Å². The number of alkyl halides is 2. The number of aromatic amines is 2. The first-order valence-electron chi connectivity index (χ1n) is 7.24. The Morgan fingerprint density at radius 2 is 2.12 bits per heavy atom. The van der Waals surface area contributed by atoms with Crippen molar-refractivity contribution in [2.24, 2.45) is 5.92 Å². The molecule has 6 nitrogen and oxygen atoms in total. The highest BCUT2D eigenvalue weighted by Crippen LogP contribution is 2.52. The van der Waals surface area contributed by atoms with Gasteiger partial charge in [0.1, 0.15) is 5.15 Å². The van der Waals surface area contributed by atoms with Crippen molar-refractivity contribution in [2.75, 3.05) is 0 Å². The number of hydrogen-bond donors (Lipinski definition) is 2. The molecule has 1 aliphatic carbocycles. The summed E-state index contributed by atoms with van der Waals surface area (Å²) in [5.74, 6) is -1.01. The van der Waals surface area contributed by atoms with E-state index in [9.17, 15) is 18.4 Å². The zero-order valence-electron chi connectivity index (χ0n) is 12.1. The second-order valence-electron chi connectivity index (χ2n) is 5.76. The highest BCUT2D eigenvalue weighted by molar-refractivity contribution is 6.30. The van der Waals surface area contributed by atoms with Crippen LogP contribution < -0.4 is 11.2 Å². The molecule has 0 unspecified atom stereocenters. The fraction of sp³-hybridized carbons (Fsp3) is 0.267. The Hall–Kier alpha value is -2.48. The largest absolute Gasteiger partial charge is 0.325 e. The van der Waals surface area contributed by atoms with Crippen molar-refractivity contribution in [3.63, 3.8) is 0 Å². The summed E-state index contributed by atoms with van der Waals surface area (Å²) in [6, 6.07) is 4.95. The standard InChI is InChI=1S/C15H11ClF2N4O2/c16-12-2-1-11-7(6-3-8(6)13(17)18)4-10(21-22(11)12)9-5-19-15(24)20-14(9)23/h1-2,4-6,8,13H,3H2,(H2,19,20,23,24)/t6-,8+/m1/s1. The van der Waals surface area contributed by atoms with Crippen molar-refractivity contribution in [1.29, 1.82) is 0 Å². The first-order valence-corrected chi connectivity index (χ1v) is 7.62. The molecule has 0 saturated heterocycles. The molecule has 24 heavy (non-hydrogen) atoms. The topological polar surface area (TPSA) is 83.0 Å². The van der Waals surface area contributed by atoms with Crippen LogP contribution in [0.15, 0.2) is 34.0 Å². The third-order valence-corrected chi connectivity index (χ3v) is 4.55. The van der Waals surface area contributed by atoms with Gasteiger partial charge < -0.3 is 4.98 Å². The Morgan fingerprint density at radius 3 is 2.79 bits per heavy atom. The van der Waals surface area contributed by atoms with Crippen molar-refractivity contribution >= 4 is 17.1 Å². The molecule has 1 saturated carbocycles. The Morgan fingerprint density at radius 1 is 1.33 bits per heavy atom. The van der Waals surface area contributed by atoms with E-state index < -0.39 is 23.6 Å². The summed E-state index contributed by atoms with van der Waals surface area (Å²) in [6.45, 7) is 0. The number of rotatable bonds is 3. The molecule has 2 atom stereocenters. The van der Waals surface area contributed by atoms with Gasteiger partial charge in [-0.2, -0.15) is 5.10 Å². The third kappa shape index (κ3) is 2.34. The van der Waals surface area contributed by atoms with Gasteiger partial charge in [-0.25, -0.2) is 18.1 Å². The van der Waals surface area contributed by atoms with Gasteiger partial charge >= 0.3 is 5.69 Å². The summed E-state index contributed by atoms with van der Waals surface area (Å²) in [6.07, 6.45) is -0.774. The van der Waals surface area contributed by atoms with E-state index >= 15 is 0 Å². The number of hydrogen-bond acceptors (Lipinski definition) is 3. The summed E-state index contributed by atoms with van der Waals surface area (Å²) >= 11 is 6.10. The normalized spacial score (nSPS) is 20.0. The van der Waals surface area contributed by atoms with E-state index in [0.29, 0.717) is 22.7 Å². The van der Waals surface area contributed by atoms with Gasteiger partial charge in [-0.3, -0.25) is 9.78 Å². The molecule has 0 aliphatic heterocycles. The zero-order chi connectivity index (χ0) is 17.0. The van der Waals surface area contributed by atoms with Crippen LogP contribution in [0.4, 0.5) is 8.78 Å². The van der Waals surface area contributed by atoms with E-state index in [2.05, 4.69) is 15.1 Å². The van der Waals surface area contributed by atoms with Crippen LogP contribution >= 0.6 is 11.6 Å². The Balaban J connectivity index is 1.93. The van der Waals surface area contributed by atoms with E-state index in [4.69, 9.17) is 11.6 Å². The van der Waals surface area contributed by atoms with Crippen LogP contribution in [0.2, 0.25) is 5.15 Å². The average Bonchev–Trinajstić information content (AvgIpc) is 3.25. The molecule has 1 fully saturated rings. The zero-order valence-corrected chi connectivity index (χ0v) is 12.8. The molecular formula is C15H11ClF2N4O2. The number of nitrogens with zero attached hydrogens (tertiary/aromatic N) is 2. The predicted molar refractivity (Wildman–Crippen MR) is 83.7 cm³/mol. The molecule has 2 N–H and O–H groups in total. The molecule has 0 radical (unpaired) electrons. The maximum absolute atomic E-state index is 12.9. The summed E-state index contributed by atoms with van der Waals surface area (Å²) in [7, 11) is 0. The molecule has 3 aromatic heterocycles. The first kappa shape index (κ1) is 15.1. The van der Waals surface area contributed by atoms with Crippen molar-refractivity contribution in [1.82, 2.24) is 19.6 Å². The van der Waals surface area contributed by atoms with Crippen LogP contribution in [-0.2, 0) is 0 Å². The Kier molecular flexibility index (Phi) is 3.31. The lowest BCUT2D eigenvalue weighted by Crippen LogP contribution is -2.23. The van der Waals surface area contributed by atoms with Crippen molar-refractivity contribution < 1.29 is 8.78 Å². The van der Waals surface area contributed by atoms with E-state index in [1.54, 1.807) is 18.2 Å². The van der Waals surface area contributed by atoms with Crippen molar-refractivity contribution in [2.45, 2.75) is 18.8 Å². The molecule has 3 aromatic rings. The molecule has 1 aliphatic rings. The van der Waals surface area contributed by atoms with E-state index in [1.807, 2.05) is 0 Å². The average molecular weight is 353 g/mol. The van der Waals surface area contributed by atoms with Crippen molar-refractivity contribution in [3.05, 3.63) is 56.0 Å². The van der Waals surface area contributed by atoms with Crippen LogP contribution in [0.3, 0.4) is 0 Å². The minimum atomic E-state index is -2.39. The maximum atomic E-state index is 12.9. The summed E-state index contributed by atoms with van der Waals surface area (Å²) in [5.41, 5.74) is 0.454. The second kappa shape index (κ2) is 5.27. The number of aromatic nitrogens is 4. The van der Waals surface area contributed by atoms with Gasteiger partial charge in [-0.1, -0.05) is 11.6 Å². The van der Waals surface area contributed by atoms with Crippen LogP contribution in [0.1, 0.15) is 17.9 Å². The van der Waals surface area contributed by atoms with Crippen LogP contribution in [0, 0.1) is 5.92 Å². The molecule has 0 spiro atoms. The Labute approximate surface area is 138 Å². The highest BCUT2D eigenvalue weighted by Gasteiger charge is 2.46. The van der Waals surface area contributed by atoms with Gasteiger partial charge in [0.2, 0.25) is 6.43 Å². The molecule has 124 valence electrons. The predicted octanol–water partition coefficient (Wildman–Crippen LogP) is 2.40. The van der Waals surface area contributed by atoms with Crippen LogP contribution in [0.5, 0.6) is 0 Å². The smallest absolute Gasteiger partial charge is 0.313 e. The van der Waals surface area contributed by atoms with Gasteiger partial charge in [0, 0.05) is 12.1 Å². The Bertz CT molecular complexity index is 1060. The molecular weight excluding hydrogens is 342 g/mol. The number of H-pyrrole nitrogens is 2. The lowest BCUT2D eigenvalue weighted by atomic mass is 10.1. The molecule has 4 rings (SSSR count). The lowest BCUT2D eigenvalue weighted by Gasteiger charge is -2.08. The van der Waals surface area contributed by atoms with E-state index in [-0.39, 0.29) is 17.2 Å². The maximum Gasteiger partial charge on any atom is 0.325 e. The SMILES string of the molecule is O=c1[nH]cc(-c2cc([C@H]3C[C@@H]3C(F)F)c3ccc(Cl)n3n2)c(=O)[nH]1. The molecule has 0 bridgehead atoms. The van der Waals surface area contributed by atoms with E-state index in [1.165, 1.54) is 10.7 Å².